The first-order chi connectivity index (χ1) is 17.2. The van der Waals surface area contributed by atoms with E-state index in [4.69, 9.17) is 23.7 Å². The molecule has 0 bridgehead atoms. The van der Waals surface area contributed by atoms with Gasteiger partial charge in [0.25, 0.3) is 0 Å². The standard InChI is InChI=1S/C25H22O11/c1-9-20(28)21(29)22(30)25(35-9)36-23-12-6-15(27)14(26)5-11(12)18(19-13(23)7-32-24(19)31)10-2-3-16-17(4-10)34-8-33-16/h2-6,9,20-22,25-30H,7-8H2,1H3/t9-,20+,21-,22+,25?/m0/s1. The van der Waals surface area contributed by atoms with Gasteiger partial charge in [-0.15, -0.1) is 0 Å². The number of phenolic OH excluding ortho intramolecular Hbond substituents is 2. The van der Waals surface area contributed by atoms with Crippen LogP contribution in [0.4, 0.5) is 0 Å². The van der Waals surface area contributed by atoms with Crippen LogP contribution in [0.3, 0.4) is 0 Å². The fraction of sp³-hybridized carbons (Fsp3) is 0.320. The largest absolute Gasteiger partial charge is 0.504 e. The Balaban J connectivity index is 1.58. The summed E-state index contributed by atoms with van der Waals surface area (Å²) in [7, 11) is 0. The monoisotopic (exact) mass is 498 g/mol. The highest BCUT2D eigenvalue weighted by molar-refractivity contribution is 6.14. The van der Waals surface area contributed by atoms with E-state index in [1.807, 2.05) is 0 Å². The van der Waals surface area contributed by atoms with Crippen LogP contribution in [0.15, 0.2) is 30.3 Å². The van der Waals surface area contributed by atoms with Crippen molar-refractivity contribution in [2.24, 2.45) is 0 Å². The van der Waals surface area contributed by atoms with Crippen molar-refractivity contribution in [3.63, 3.8) is 0 Å². The summed E-state index contributed by atoms with van der Waals surface area (Å²) in [6.45, 7) is 1.41. The third kappa shape index (κ3) is 3.32. The number of ether oxygens (including phenoxy) is 5. The van der Waals surface area contributed by atoms with Crippen molar-refractivity contribution in [2.75, 3.05) is 6.79 Å². The van der Waals surface area contributed by atoms with Crippen LogP contribution in [0.25, 0.3) is 21.9 Å². The maximum atomic E-state index is 12.9. The summed E-state index contributed by atoms with van der Waals surface area (Å²) >= 11 is 0. The SMILES string of the molecule is C[C@@H]1OC(Oc2c3c(c(-c4ccc5c(c4)OCO5)c4cc(O)c(O)cc24)C(=O)OC3)[C@H](O)[C@@H](O)[C@@H]1O. The zero-order valence-corrected chi connectivity index (χ0v) is 18.9. The molecule has 1 fully saturated rings. The van der Waals surface area contributed by atoms with Crippen LogP contribution in [0, 0.1) is 0 Å². The molecule has 188 valence electrons. The smallest absolute Gasteiger partial charge is 0.339 e. The number of hydrogen-bond donors (Lipinski definition) is 5. The van der Waals surface area contributed by atoms with E-state index in [2.05, 4.69) is 0 Å². The van der Waals surface area contributed by atoms with Gasteiger partial charge in [0, 0.05) is 16.5 Å². The number of benzene rings is 3. The molecule has 3 aromatic carbocycles. The van der Waals surface area contributed by atoms with Crippen molar-refractivity contribution in [1.82, 2.24) is 0 Å². The number of phenols is 2. The number of cyclic esters (lactones) is 1. The van der Waals surface area contributed by atoms with Gasteiger partial charge in [-0.3, -0.25) is 0 Å². The Bertz CT molecular complexity index is 1400. The molecule has 0 radical (unpaired) electrons. The van der Waals surface area contributed by atoms with E-state index in [-0.39, 0.29) is 24.7 Å². The lowest BCUT2D eigenvalue weighted by Gasteiger charge is -2.39. The van der Waals surface area contributed by atoms with Crippen molar-refractivity contribution in [3.8, 4) is 39.9 Å². The quantitative estimate of drug-likeness (QED) is 0.263. The molecule has 3 aliphatic heterocycles. The van der Waals surface area contributed by atoms with Crippen LogP contribution in [0.1, 0.15) is 22.8 Å². The molecule has 3 aromatic rings. The maximum Gasteiger partial charge on any atom is 0.339 e. The molecule has 0 aliphatic carbocycles. The highest BCUT2D eigenvalue weighted by Crippen LogP contribution is 2.49. The van der Waals surface area contributed by atoms with Crippen LogP contribution in [0.5, 0.6) is 28.7 Å². The van der Waals surface area contributed by atoms with Gasteiger partial charge in [-0.05, 0) is 42.1 Å². The van der Waals surface area contributed by atoms with Gasteiger partial charge in [0.1, 0.15) is 30.7 Å². The first-order valence-corrected chi connectivity index (χ1v) is 11.2. The van der Waals surface area contributed by atoms with Gasteiger partial charge in [0.2, 0.25) is 13.1 Å². The second-order valence-corrected chi connectivity index (χ2v) is 8.89. The van der Waals surface area contributed by atoms with E-state index in [1.54, 1.807) is 18.2 Å². The molecule has 0 aromatic heterocycles. The van der Waals surface area contributed by atoms with Crippen molar-refractivity contribution >= 4 is 16.7 Å². The predicted octanol–water partition coefficient (Wildman–Crippen LogP) is 1.52. The average Bonchev–Trinajstić information content (AvgIpc) is 3.48. The Morgan fingerprint density at radius 3 is 2.36 bits per heavy atom. The van der Waals surface area contributed by atoms with Crippen LogP contribution >= 0.6 is 0 Å². The number of hydrogen-bond acceptors (Lipinski definition) is 11. The minimum atomic E-state index is -1.61. The highest BCUT2D eigenvalue weighted by Gasteiger charge is 2.44. The van der Waals surface area contributed by atoms with E-state index >= 15 is 0 Å². The summed E-state index contributed by atoms with van der Waals surface area (Å²) in [6, 6.07) is 7.68. The molecule has 0 saturated carbocycles. The lowest BCUT2D eigenvalue weighted by atomic mass is 9.89. The fourth-order valence-electron chi connectivity index (χ4n) is 4.82. The number of fused-ring (bicyclic) bond motifs is 3. The van der Waals surface area contributed by atoms with Gasteiger partial charge < -0.3 is 49.2 Å². The second-order valence-electron chi connectivity index (χ2n) is 8.89. The minimum absolute atomic E-state index is 0.0593. The number of rotatable bonds is 3. The summed E-state index contributed by atoms with van der Waals surface area (Å²) in [6.07, 6.45) is -6.76. The van der Waals surface area contributed by atoms with Gasteiger partial charge in [-0.25, -0.2) is 4.79 Å². The Hall–Kier alpha value is -3.77. The van der Waals surface area contributed by atoms with Crippen molar-refractivity contribution < 1.29 is 54.0 Å². The topological polar surface area (TPSA) is 164 Å². The van der Waals surface area contributed by atoms with Gasteiger partial charge in [0.05, 0.1) is 11.7 Å². The highest BCUT2D eigenvalue weighted by atomic mass is 16.7. The third-order valence-electron chi connectivity index (χ3n) is 6.71. The predicted molar refractivity (Wildman–Crippen MR) is 121 cm³/mol. The van der Waals surface area contributed by atoms with Crippen LogP contribution < -0.4 is 14.2 Å². The second kappa shape index (κ2) is 8.14. The molecule has 0 amide bonds. The summed E-state index contributed by atoms with van der Waals surface area (Å²) in [4.78, 5) is 12.9. The molecular weight excluding hydrogens is 476 g/mol. The van der Waals surface area contributed by atoms with Crippen molar-refractivity contribution in [2.45, 2.75) is 44.2 Å². The number of esters is 1. The lowest BCUT2D eigenvalue weighted by molar-refractivity contribution is -0.268. The van der Waals surface area contributed by atoms with Crippen LogP contribution in [-0.4, -0.2) is 69.0 Å². The van der Waals surface area contributed by atoms with Gasteiger partial charge >= 0.3 is 5.97 Å². The van der Waals surface area contributed by atoms with Crippen LogP contribution in [-0.2, 0) is 16.1 Å². The van der Waals surface area contributed by atoms with E-state index in [1.165, 1.54) is 19.1 Å². The van der Waals surface area contributed by atoms with Gasteiger partial charge in [0.15, 0.2) is 23.0 Å². The average molecular weight is 498 g/mol. The molecule has 3 heterocycles. The Morgan fingerprint density at radius 1 is 0.861 bits per heavy atom. The molecular formula is C25H22O11. The minimum Gasteiger partial charge on any atom is -0.504 e. The maximum absolute atomic E-state index is 12.9. The Kier molecular flexibility index (Phi) is 5.12. The van der Waals surface area contributed by atoms with E-state index in [0.717, 1.165) is 0 Å². The lowest BCUT2D eigenvalue weighted by Crippen LogP contribution is -2.58. The summed E-state index contributed by atoms with van der Waals surface area (Å²) < 4.78 is 27.8. The fourth-order valence-corrected chi connectivity index (χ4v) is 4.82. The number of carbonyl (C=O) groups excluding carboxylic acids is 1. The number of aliphatic hydroxyl groups excluding tert-OH is 3. The summed E-state index contributed by atoms with van der Waals surface area (Å²) in [5.74, 6) is -0.423. The number of aromatic hydroxyl groups is 2. The van der Waals surface area contributed by atoms with E-state index < -0.39 is 48.2 Å². The van der Waals surface area contributed by atoms with E-state index in [9.17, 15) is 30.3 Å². The molecule has 5 N–H and O–H groups in total. The number of carbonyl (C=O) groups is 1. The first-order valence-electron chi connectivity index (χ1n) is 11.2. The van der Waals surface area contributed by atoms with Crippen molar-refractivity contribution in [3.05, 3.63) is 41.5 Å². The zero-order chi connectivity index (χ0) is 25.3. The molecule has 6 rings (SSSR count). The third-order valence-corrected chi connectivity index (χ3v) is 6.71. The molecule has 11 nitrogen and oxygen atoms in total. The molecule has 11 heteroatoms. The Morgan fingerprint density at radius 2 is 1.58 bits per heavy atom. The first kappa shape index (κ1) is 22.7. The Labute approximate surface area is 203 Å². The normalized spacial score (nSPS) is 26.7. The zero-order valence-electron chi connectivity index (χ0n) is 18.9. The molecule has 0 spiro atoms. The molecule has 36 heavy (non-hydrogen) atoms. The van der Waals surface area contributed by atoms with Gasteiger partial charge in [-0.2, -0.15) is 0 Å². The molecule has 1 saturated heterocycles. The molecule has 5 atom stereocenters. The summed E-state index contributed by atoms with van der Waals surface area (Å²) in [5, 5.41) is 52.0. The van der Waals surface area contributed by atoms with Gasteiger partial charge in [-0.1, -0.05) is 6.07 Å². The van der Waals surface area contributed by atoms with E-state index in [0.29, 0.717) is 39.0 Å². The number of aliphatic hydroxyl groups is 3. The van der Waals surface area contributed by atoms with Crippen LogP contribution in [0.2, 0.25) is 0 Å². The molecule has 3 aliphatic rings. The van der Waals surface area contributed by atoms with Crippen molar-refractivity contribution in [1.29, 1.82) is 0 Å². The summed E-state index contributed by atoms with van der Waals surface area (Å²) in [5.41, 5.74) is 1.48. The molecule has 1 unspecified atom stereocenters.